The number of fused-ring (bicyclic) bond motifs is 1. The molecular formula is C12H18N2O3S. The van der Waals surface area contributed by atoms with Gasteiger partial charge in [-0.3, -0.25) is 0 Å². The first-order valence-electron chi connectivity index (χ1n) is 6.04. The fourth-order valence-corrected chi connectivity index (χ4v) is 3.36. The van der Waals surface area contributed by atoms with E-state index in [2.05, 4.69) is 4.72 Å². The Kier molecular flexibility index (Phi) is 4.21. The van der Waals surface area contributed by atoms with Crippen molar-refractivity contribution in [1.29, 1.82) is 0 Å². The van der Waals surface area contributed by atoms with Crippen molar-refractivity contribution >= 4 is 10.0 Å². The van der Waals surface area contributed by atoms with Gasteiger partial charge in [0, 0.05) is 12.0 Å². The maximum absolute atomic E-state index is 11.9. The highest BCUT2D eigenvalue weighted by atomic mass is 32.2. The fraction of sp³-hybridized carbons (Fsp3) is 0.500. The van der Waals surface area contributed by atoms with Gasteiger partial charge in [-0.2, -0.15) is 0 Å². The molecule has 1 aliphatic rings. The van der Waals surface area contributed by atoms with E-state index in [0.717, 1.165) is 11.3 Å². The lowest BCUT2D eigenvalue weighted by molar-refractivity contribution is 0.263. The molecular weight excluding hydrogens is 252 g/mol. The van der Waals surface area contributed by atoms with Gasteiger partial charge in [0.15, 0.2) is 0 Å². The minimum absolute atomic E-state index is 0.0724. The number of hydrogen-bond acceptors (Lipinski definition) is 4. The fourth-order valence-electron chi connectivity index (χ4n) is 2.01. The highest BCUT2D eigenvalue weighted by Gasteiger charge is 2.24. The first-order chi connectivity index (χ1) is 8.62. The van der Waals surface area contributed by atoms with E-state index in [0.29, 0.717) is 26.0 Å². The zero-order valence-corrected chi connectivity index (χ0v) is 10.9. The second-order valence-electron chi connectivity index (χ2n) is 4.31. The lowest BCUT2D eigenvalue weighted by Gasteiger charge is -2.26. The SMILES string of the molecule is NCCCS(=O)(=O)NC1CCOc2ccccc21. The molecule has 100 valence electrons. The van der Waals surface area contributed by atoms with Crippen LogP contribution in [0.15, 0.2) is 24.3 Å². The summed E-state index contributed by atoms with van der Waals surface area (Å²) in [5, 5.41) is 0. The molecule has 6 heteroatoms. The van der Waals surface area contributed by atoms with E-state index < -0.39 is 10.0 Å². The molecule has 1 unspecified atom stereocenters. The third-order valence-corrected chi connectivity index (χ3v) is 4.37. The van der Waals surface area contributed by atoms with Gasteiger partial charge < -0.3 is 10.5 Å². The summed E-state index contributed by atoms with van der Waals surface area (Å²) < 4.78 is 31.9. The van der Waals surface area contributed by atoms with Crippen molar-refractivity contribution in [2.24, 2.45) is 5.73 Å². The molecule has 2 rings (SSSR count). The van der Waals surface area contributed by atoms with Crippen molar-refractivity contribution in [3.05, 3.63) is 29.8 Å². The molecule has 0 amide bonds. The number of ether oxygens (including phenoxy) is 1. The molecule has 0 saturated carbocycles. The molecule has 3 N–H and O–H groups in total. The molecule has 1 aromatic carbocycles. The van der Waals surface area contributed by atoms with Gasteiger partial charge in [0.25, 0.3) is 0 Å². The van der Waals surface area contributed by atoms with Gasteiger partial charge in [-0.05, 0) is 19.0 Å². The number of nitrogens with one attached hydrogen (secondary N) is 1. The number of nitrogens with two attached hydrogens (primary N) is 1. The lowest BCUT2D eigenvalue weighted by atomic mass is 10.0. The summed E-state index contributed by atoms with van der Waals surface area (Å²) in [6.45, 7) is 0.909. The van der Waals surface area contributed by atoms with Crippen molar-refractivity contribution in [3.63, 3.8) is 0 Å². The molecule has 1 aliphatic heterocycles. The highest BCUT2D eigenvalue weighted by molar-refractivity contribution is 7.89. The Morgan fingerprint density at radius 2 is 2.17 bits per heavy atom. The van der Waals surface area contributed by atoms with E-state index in [1.165, 1.54) is 0 Å². The highest BCUT2D eigenvalue weighted by Crippen LogP contribution is 2.31. The van der Waals surface area contributed by atoms with Gasteiger partial charge in [-0.15, -0.1) is 0 Å². The van der Waals surface area contributed by atoms with E-state index in [1.807, 2.05) is 24.3 Å². The van der Waals surface area contributed by atoms with Crippen molar-refractivity contribution in [2.45, 2.75) is 18.9 Å². The van der Waals surface area contributed by atoms with Gasteiger partial charge in [-0.25, -0.2) is 13.1 Å². The van der Waals surface area contributed by atoms with Crippen LogP contribution in [0.1, 0.15) is 24.4 Å². The first kappa shape index (κ1) is 13.3. The molecule has 0 aromatic heterocycles. The molecule has 0 aliphatic carbocycles. The van der Waals surface area contributed by atoms with Crippen molar-refractivity contribution in [3.8, 4) is 5.75 Å². The molecule has 1 atom stereocenters. The second kappa shape index (κ2) is 5.69. The van der Waals surface area contributed by atoms with Crippen LogP contribution in [0.25, 0.3) is 0 Å². The smallest absolute Gasteiger partial charge is 0.212 e. The predicted octanol–water partition coefficient (Wildman–Crippen LogP) is 0.778. The normalized spacial score (nSPS) is 19.1. The zero-order valence-electron chi connectivity index (χ0n) is 10.1. The summed E-state index contributed by atoms with van der Waals surface area (Å²) in [6.07, 6.45) is 1.12. The van der Waals surface area contributed by atoms with Crippen LogP contribution in [-0.4, -0.2) is 27.3 Å². The Hall–Kier alpha value is -1.11. The standard InChI is InChI=1S/C12H18N2O3S/c13-7-3-9-18(15,16)14-11-6-8-17-12-5-2-1-4-10(11)12/h1-2,4-5,11,14H,3,6-9,13H2. The Labute approximate surface area is 107 Å². The number of benzene rings is 1. The molecule has 0 radical (unpaired) electrons. The molecule has 0 fully saturated rings. The van der Waals surface area contributed by atoms with Crippen LogP contribution in [0.4, 0.5) is 0 Å². The minimum Gasteiger partial charge on any atom is -0.493 e. The third kappa shape index (κ3) is 3.22. The van der Waals surface area contributed by atoms with Crippen LogP contribution in [0.3, 0.4) is 0 Å². The average molecular weight is 270 g/mol. The van der Waals surface area contributed by atoms with E-state index in [-0.39, 0.29) is 11.8 Å². The largest absolute Gasteiger partial charge is 0.493 e. The molecule has 5 nitrogen and oxygen atoms in total. The van der Waals surface area contributed by atoms with Gasteiger partial charge in [0.05, 0.1) is 18.4 Å². The van der Waals surface area contributed by atoms with E-state index in [4.69, 9.17) is 10.5 Å². The van der Waals surface area contributed by atoms with Crippen LogP contribution in [0.5, 0.6) is 5.75 Å². The van der Waals surface area contributed by atoms with E-state index in [9.17, 15) is 8.42 Å². The minimum atomic E-state index is -3.27. The Morgan fingerprint density at radius 3 is 2.94 bits per heavy atom. The van der Waals surface area contributed by atoms with E-state index >= 15 is 0 Å². The summed E-state index contributed by atoms with van der Waals surface area (Å²) in [6, 6.07) is 7.32. The average Bonchev–Trinajstić information content (AvgIpc) is 2.37. The molecule has 18 heavy (non-hydrogen) atoms. The Bertz CT molecular complexity index is 502. The Balaban J connectivity index is 2.12. The van der Waals surface area contributed by atoms with Gasteiger partial charge in [-0.1, -0.05) is 18.2 Å². The molecule has 0 bridgehead atoms. The van der Waals surface area contributed by atoms with Crippen molar-refractivity contribution in [2.75, 3.05) is 18.9 Å². The Morgan fingerprint density at radius 1 is 1.39 bits per heavy atom. The molecule has 1 aromatic rings. The topological polar surface area (TPSA) is 81.4 Å². The number of sulfonamides is 1. The van der Waals surface area contributed by atoms with Crippen LogP contribution in [0, 0.1) is 0 Å². The van der Waals surface area contributed by atoms with Crippen LogP contribution in [-0.2, 0) is 10.0 Å². The molecule has 1 heterocycles. The number of hydrogen-bond donors (Lipinski definition) is 2. The maximum Gasteiger partial charge on any atom is 0.212 e. The third-order valence-electron chi connectivity index (χ3n) is 2.90. The second-order valence-corrected chi connectivity index (χ2v) is 6.18. The number of para-hydroxylation sites is 1. The first-order valence-corrected chi connectivity index (χ1v) is 7.69. The van der Waals surface area contributed by atoms with Crippen LogP contribution in [0.2, 0.25) is 0 Å². The summed E-state index contributed by atoms with van der Waals surface area (Å²) in [5.41, 5.74) is 6.24. The van der Waals surface area contributed by atoms with Crippen molar-refractivity contribution in [1.82, 2.24) is 4.72 Å². The zero-order chi connectivity index (χ0) is 13.0. The lowest BCUT2D eigenvalue weighted by Crippen LogP contribution is -2.34. The van der Waals surface area contributed by atoms with Gasteiger partial charge >= 0.3 is 0 Å². The van der Waals surface area contributed by atoms with Crippen LogP contribution < -0.4 is 15.2 Å². The van der Waals surface area contributed by atoms with E-state index in [1.54, 1.807) is 0 Å². The summed E-state index contributed by atoms with van der Waals surface area (Å²) in [7, 11) is -3.27. The van der Waals surface area contributed by atoms with Gasteiger partial charge in [0.1, 0.15) is 5.75 Å². The molecule has 0 spiro atoms. The maximum atomic E-state index is 11.9. The van der Waals surface area contributed by atoms with Crippen LogP contribution >= 0.6 is 0 Å². The number of rotatable bonds is 5. The predicted molar refractivity (Wildman–Crippen MR) is 69.9 cm³/mol. The molecule has 0 saturated heterocycles. The van der Waals surface area contributed by atoms with Gasteiger partial charge in [0.2, 0.25) is 10.0 Å². The monoisotopic (exact) mass is 270 g/mol. The summed E-state index contributed by atoms with van der Waals surface area (Å²) in [4.78, 5) is 0. The summed E-state index contributed by atoms with van der Waals surface area (Å²) >= 11 is 0. The van der Waals surface area contributed by atoms with Crippen molar-refractivity contribution < 1.29 is 13.2 Å². The summed E-state index contributed by atoms with van der Waals surface area (Å²) in [5.74, 6) is 0.832. The quantitative estimate of drug-likeness (QED) is 0.828.